The number of nitrogens with zero attached hydrogens (tertiary/aromatic N) is 5. The first-order valence-electron chi connectivity index (χ1n) is 10.1. The second kappa shape index (κ2) is 7.66. The van der Waals surface area contributed by atoms with E-state index in [4.69, 9.17) is 4.74 Å². The summed E-state index contributed by atoms with van der Waals surface area (Å²) in [6, 6.07) is 0.686. The van der Waals surface area contributed by atoms with Crippen LogP contribution < -0.4 is 4.74 Å². The van der Waals surface area contributed by atoms with Crippen molar-refractivity contribution in [1.29, 1.82) is 0 Å². The average molecular weight is 387 g/mol. The summed E-state index contributed by atoms with van der Waals surface area (Å²) in [4.78, 5) is 40.3. The maximum atomic E-state index is 13.1. The number of aromatic nitrogens is 2. The van der Waals surface area contributed by atoms with E-state index in [0.717, 1.165) is 25.8 Å². The van der Waals surface area contributed by atoms with Crippen molar-refractivity contribution in [2.24, 2.45) is 11.8 Å². The van der Waals surface area contributed by atoms with Crippen molar-refractivity contribution < 1.29 is 14.3 Å². The fraction of sp³-hybridized carbons (Fsp3) is 0.700. The van der Waals surface area contributed by atoms with Crippen LogP contribution in [0.3, 0.4) is 0 Å². The van der Waals surface area contributed by atoms with Gasteiger partial charge in [-0.3, -0.25) is 9.59 Å². The second-order valence-corrected chi connectivity index (χ2v) is 8.51. The molecule has 8 nitrogen and oxygen atoms in total. The first kappa shape index (κ1) is 19.1. The molecule has 0 N–H and O–H groups in total. The van der Waals surface area contributed by atoms with Crippen molar-refractivity contribution in [2.75, 3.05) is 40.8 Å². The number of fused-ring (bicyclic) bond motifs is 4. The van der Waals surface area contributed by atoms with Crippen LogP contribution in [0.2, 0.25) is 0 Å². The Labute approximate surface area is 165 Å². The van der Waals surface area contributed by atoms with Gasteiger partial charge in [-0.25, -0.2) is 9.97 Å². The number of rotatable bonds is 4. The van der Waals surface area contributed by atoms with Crippen molar-refractivity contribution in [3.8, 4) is 6.01 Å². The molecule has 1 aromatic heterocycles. The monoisotopic (exact) mass is 387 g/mol. The van der Waals surface area contributed by atoms with Crippen LogP contribution in [0.4, 0.5) is 0 Å². The number of likely N-dealkylation sites (N-methyl/N-ethyl adjacent to an activating group) is 1. The van der Waals surface area contributed by atoms with Gasteiger partial charge in [0, 0.05) is 50.5 Å². The molecule has 0 aromatic carbocycles. The van der Waals surface area contributed by atoms with E-state index in [-0.39, 0.29) is 24.0 Å². The summed E-state index contributed by atoms with van der Waals surface area (Å²) >= 11 is 0. The summed E-state index contributed by atoms with van der Waals surface area (Å²) in [7, 11) is 5.61. The first-order valence-corrected chi connectivity index (χ1v) is 10.1. The van der Waals surface area contributed by atoms with Crippen LogP contribution in [-0.2, 0) is 4.79 Å². The smallest absolute Gasteiger partial charge is 0.316 e. The Balaban J connectivity index is 1.57. The highest BCUT2D eigenvalue weighted by Crippen LogP contribution is 2.42. The van der Waals surface area contributed by atoms with Crippen LogP contribution in [0.5, 0.6) is 6.01 Å². The Hall–Kier alpha value is -2.22. The highest BCUT2D eigenvalue weighted by molar-refractivity contribution is 5.93. The van der Waals surface area contributed by atoms with E-state index >= 15 is 0 Å². The molecule has 0 aliphatic carbocycles. The van der Waals surface area contributed by atoms with E-state index in [1.165, 1.54) is 19.5 Å². The maximum absolute atomic E-state index is 13.1. The summed E-state index contributed by atoms with van der Waals surface area (Å²) in [6.45, 7) is 2.22. The first-order chi connectivity index (χ1) is 13.5. The lowest BCUT2D eigenvalue weighted by atomic mass is 9.72. The highest BCUT2D eigenvalue weighted by atomic mass is 16.5. The van der Waals surface area contributed by atoms with Crippen molar-refractivity contribution in [1.82, 2.24) is 24.7 Å². The molecular formula is C20H29N5O3. The number of amides is 2. The van der Waals surface area contributed by atoms with Gasteiger partial charge in [0.15, 0.2) is 0 Å². The van der Waals surface area contributed by atoms with Gasteiger partial charge in [-0.1, -0.05) is 0 Å². The van der Waals surface area contributed by atoms with Gasteiger partial charge in [0.1, 0.15) is 0 Å². The van der Waals surface area contributed by atoms with Gasteiger partial charge in [-0.05, 0) is 45.2 Å². The molecular weight excluding hydrogens is 358 g/mol. The third-order valence-corrected chi connectivity index (χ3v) is 6.39. The van der Waals surface area contributed by atoms with E-state index < -0.39 is 0 Å². The minimum absolute atomic E-state index is 0.0310. The highest BCUT2D eigenvalue weighted by Gasteiger charge is 2.50. The number of carbonyl (C=O) groups excluding carboxylic acids is 2. The molecule has 0 saturated carbocycles. The zero-order chi connectivity index (χ0) is 19.8. The van der Waals surface area contributed by atoms with Gasteiger partial charge in [0.05, 0.1) is 12.7 Å². The molecule has 2 amide bonds. The number of piperidine rings is 3. The lowest BCUT2D eigenvalue weighted by molar-refractivity contribution is -0.152. The van der Waals surface area contributed by atoms with Crippen LogP contribution in [0.1, 0.15) is 36.0 Å². The Morgan fingerprint density at radius 1 is 1.25 bits per heavy atom. The molecule has 152 valence electrons. The number of hydrogen-bond donors (Lipinski definition) is 0. The predicted octanol–water partition coefficient (Wildman–Crippen LogP) is 0.888. The van der Waals surface area contributed by atoms with Crippen molar-refractivity contribution in [2.45, 2.75) is 37.8 Å². The van der Waals surface area contributed by atoms with Crippen LogP contribution in [0, 0.1) is 11.8 Å². The number of methoxy groups -OCH3 is 1. The minimum Gasteiger partial charge on any atom is -0.467 e. The maximum Gasteiger partial charge on any atom is 0.316 e. The normalized spacial score (nSPS) is 29.6. The number of likely N-dealkylation sites (tertiary alicyclic amines) is 1. The molecule has 28 heavy (non-hydrogen) atoms. The van der Waals surface area contributed by atoms with Crippen LogP contribution >= 0.6 is 0 Å². The molecule has 4 atom stereocenters. The quantitative estimate of drug-likeness (QED) is 0.763. The molecule has 0 unspecified atom stereocenters. The van der Waals surface area contributed by atoms with Gasteiger partial charge in [-0.2, -0.15) is 0 Å². The van der Waals surface area contributed by atoms with Gasteiger partial charge < -0.3 is 19.4 Å². The van der Waals surface area contributed by atoms with Crippen LogP contribution in [0.15, 0.2) is 12.4 Å². The topological polar surface area (TPSA) is 78.9 Å². The SMILES string of the molecule is COc1ncc(C(=O)N2C[C@H]3C[C@@H](C2)[C@H](CN(C)C)N2C(=O)CCC[C@@H]32)cn1. The third kappa shape index (κ3) is 3.45. The molecule has 3 aliphatic heterocycles. The molecule has 3 saturated heterocycles. The largest absolute Gasteiger partial charge is 0.467 e. The number of ether oxygens (including phenoxy) is 1. The predicted molar refractivity (Wildman–Crippen MR) is 103 cm³/mol. The molecule has 8 heteroatoms. The third-order valence-electron chi connectivity index (χ3n) is 6.39. The molecule has 1 aromatic rings. The van der Waals surface area contributed by atoms with E-state index in [1.54, 1.807) is 0 Å². The molecule has 4 heterocycles. The van der Waals surface area contributed by atoms with Crippen LogP contribution in [-0.4, -0.2) is 89.4 Å². The van der Waals surface area contributed by atoms with Gasteiger partial charge in [0.25, 0.3) is 5.91 Å². The van der Waals surface area contributed by atoms with Gasteiger partial charge in [-0.15, -0.1) is 0 Å². The molecule has 0 spiro atoms. The van der Waals surface area contributed by atoms with Gasteiger partial charge in [0.2, 0.25) is 5.91 Å². The lowest BCUT2D eigenvalue weighted by Gasteiger charge is -2.57. The Morgan fingerprint density at radius 3 is 2.64 bits per heavy atom. The fourth-order valence-corrected chi connectivity index (χ4v) is 5.26. The molecule has 3 fully saturated rings. The zero-order valence-corrected chi connectivity index (χ0v) is 16.9. The molecule has 0 radical (unpaired) electrons. The number of carbonyl (C=O) groups is 2. The number of hydrogen-bond acceptors (Lipinski definition) is 6. The summed E-state index contributed by atoms with van der Waals surface area (Å²) in [5.41, 5.74) is 0.488. The van der Waals surface area contributed by atoms with E-state index in [2.05, 4.69) is 33.9 Å². The fourth-order valence-electron chi connectivity index (χ4n) is 5.26. The summed E-state index contributed by atoms with van der Waals surface area (Å²) in [6.07, 6.45) is 6.82. The van der Waals surface area contributed by atoms with Crippen molar-refractivity contribution >= 4 is 11.8 Å². The van der Waals surface area contributed by atoms with E-state index in [9.17, 15) is 9.59 Å². The Kier molecular flexibility index (Phi) is 5.23. The molecule has 4 rings (SSSR count). The second-order valence-electron chi connectivity index (χ2n) is 8.51. The van der Waals surface area contributed by atoms with E-state index in [0.29, 0.717) is 42.8 Å². The lowest BCUT2D eigenvalue weighted by Crippen LogP contribution is -2.67. The van der Waals surface area contributed by atoms with Crippen molar-refractivity contribution in [3.63, 3.8) is 0 Å². The summed E-state index contributed by atoms with van der Waals surface area (Å²) in [5, 5.41) is 0. The average Bonchev–Trinajstić information content (AvgIpc) is 2.70. The molecule has 2 bridgehead atoms. The van der Waals surface area contributed by atoms with E-state index in [1.807, 2.05) is 4.90 Å². The Morgan fingerprint density at radius 2 is 1.96 bits per heavy atom. The summed E-state index contributed by atoms with van der Waals surface area (Å²) < 4.78 is 4.99. The zero-order valence-electron chi connectivity index (χ0n) is 16.9. The van der Waals surface area contributed by atoms with Gasteiger partial charge >= 0.3 is 6.01 Å². The van der Waals surface area contributed by atoms with Crippen molar-refractivity contribution in [3.05, 3.63) is 18.0 Å². The molecule has 3 aliphatic rings. The Bertz CT molecular complexity index is 738. The van der Waals surface area contributed by atoms with Crippen LogP contribution in [0.25, 0.3) is 0 Å². The summed E-state index contributed by atoms with van der Waals surface area (Å²) in [5.74, 6) is 0.921. The minimum atomic E-state index is -0.0310. The standard InChI is InChI=1S/C20H29N5O3/c1-23(2)12-17-14-7-13(16-5-4-6-18(26)25(16)17)10-24(11-14)19(27)15-8-21-20(28-3)22-9-15/h8-9,13-14,16-17H,4-7,10-12H2,1-3H3/t13-,14+,16+,17+/m1/s1.